The van der Waals surface area contributed by atoms with Crippen LogP contribution >= 0.6 is 0 Å². The van der Waals surface area contributed by atoms with E-state index < -0.39 is 0 Å². The van der Waals surface area contributed by atoms with Crippen molar-refractivity contribution in [1.29, 1.82) is 0 Å². The fraction of sp³-hybridized carbons (Fsp3) is 0.636. The van der Waals surface area contributed by atoms with Gasteiger partial charge >= 0.3 is 5.97 Å². The fourth-order valence-electron chi connectivity index (χ4n) is 1.58. The van der Waals surface area contributed by atoms with Gasteiger partial charge in [0.15, 0.2) is 5.78 Å². The van der Waals surface area contributed by atoms with Gasteiger partial charge in [0.25, 0.3) is 0 Å². The molecular weight excluding hydrogens is 180 g/mol. The van der Waals surface area contributed by atoms with E-state index in [1.807, 2.05) is 6.08 Å². The smallest absolute Gasteiger partial charge is 0.305 e. The van der Waals surface area contributed by atoms with Crippen LogP contribution in [0.25, 0.3) is 0 Å². The summed E-state index contributed by atoms with van der Waals surface area (Å²) in [7, 11) is 1.38. The van der Waals surface area contributed by atoms with Crippen molar-refractivity contribution in [2.24, 2.45) is 0 Å². The zero-order valence-corrected chi connectivity index (χ0v) is 8.54. The number of methoxy groups -OCH3 is 1. The minimum Gasteiger partial charge on any atom is -0.469 e. The third-order valence-corrected chi connectivity index (χ3v) is 2.41. The second kappa shape index (κ2) is 5.58. The van der Waals surface area contributed by atoms with Gasteiger partial charge in [-0.1, -0.05) is 6.08 Å². The number of hydrogen-bond acceptors (Lipinski definition) is 3. The van der Waals surface area contributed by atoms with E-state index in [9.17, 15) is 9.59 Å². The third kappa shape index (κ3) is 3.32. The van der Waals surface area contributed by atoms with Crippen LogP contribution in [-0.2, 0) is 14.3 Å². The largest absolute Gasteiger partial charge is 0.469 e. The molecule has 0 N–H and O–H groups in total. The van der Waals surface area contributed by atoms with Crippen molar-refractivity contribution in [3.8, 4) is 0 Å². The average molecular weight is 196 g/mol. The number of hydrogen-bond donors (Lipinski definition) is 0. The predicted octanol–water partition coefficient (Wildman–Crippen LogP) is 2.01. The zero-order chi connectivity index (χ0) is 10.4. The maximum absolute atomic E-state index is 11.4. The van der Waals surface area contributed by atoms with Crippen LogP contribution in [0.4, 0.5) is 0 Å². The Bertz CT molecular complexity index is 253. The Morgan fingerprint density at radius 1 is 1.57 bits per heavy atom. The van der Waals surface area contributed by atoms with Crippen molar-refractivity contribution in [2.75, 3.05) is 7.11 Å². The van der Waals surface area contributed by atoms with E-state index in [0.29, 0.717) is 25.7 Å². The van der Waals surface area contributed by atoms with Crippen molar-refractivity contribution < 1.29 is 14.3 Å². The highest BCUT2D eigenvalue weighted by atomic mass is 16.5. The molecule has 0 unspecified atom stereocenters. The molecule has 3 nitrogen and oxygen atoms in total. The molecule has 1 aliphatic carbocycles. The van der Waals surface area contributed by atoms with Gasteiger partial charge in [-0.05, 0) is 31.3 Å². The van der Waals surface area contributed by atoms with Crippen molar-refractivity contribution in [3.05, 3.63) is 11.6 Å². The minimum atomic E-state index is -0.200. The molecule has 1 aliphatic rings. The van der Waals surface area contributed by atoms with Crippen molar-refractivity contribution in [3.63, 3.8) is 0 Å². The minimum absolute atomic E-state index is 0.200. The fourth-order valence-corrected chi connectivity index (χ4v) is 1.58. The normalized spacial score (nSPS) is 16.4. The van der Waals surface area contributed by atoms with Gasteiger partial charge in [-0.25, -0.2) is 0 Å². The molecule has 0 saturated carbocycles. The number of esters is 1. The second-order valence-corrected chi connectivity index (χ2v) is 3.47. The summed E-state index contributed by atoms with van der Waals surface area (Å²) in [5.41, 5.74) is 0.903. The summed E-state index contributed by atoms with van der Waals surface area (Å²) in [6, 6.07) is 0. The van der Waals surface area contributed by atoms with Crippen LogP contribution in [0.5, 0.6) is 0 Å². The Hall–Kier alpha value is -1.12. The molecule has 0 aromatic rings. The lowest BCUT2D eigenvalue weighted by atomic mass is 9.94. The number of carbonyl (C=O) groups excluding carboxylic acids is 2. The summed E-state index contributed by atoms with van der Waals surface area (Å²) in [6.07, 6.45) is 6.48. The van der Waals surface area contributed by atoms with Crippen molar-refractivity contribution in [1.82, 2.24) is 0 Å². The van der Waals surface area contributed by atoms with Gasteiger partial charge in [-0.15, -0.1) is 0 Å². The van der Waals surface area contributed by atoms with Crippen molar-refractivity contribution >= 4 is 11.8 Å². The molecule has 0 aromatic carbocycles. The molecule has 0 radical (unpaired) electrons. The standard InChI is InChI=1S/C11H16O3/c1-14-11(13)8-4-6-9-5-2-3-7-10(9)12/h5H,2-4,6-8H2,1H3. The number of Topliss-reactive ketones (excluding diaryl/α,β-unsaturated/α-hetero) is 1. The van der Waals surface area contributed by atoms with Gasteiger partial charge in [0.2, 0.25) is 0 Å². The first-order valence-electron chi connectivity index (χ1n) is 5.03. The van der Waals surface area contributed by atoms with Crippen LogP contribution < -0.4 is 0 Å². The Labute approximate surface area is 84.1 Å². The molecule has 0 spiro atoms. The maximum Gasteiger partial charge on any atom is 0.305 e. The van der Waals surface area contributed by atoms with E-state index in [2.05, 4.69) is 4.74 Å². The summed E-state index contributed by atoms with van der Waals surface area (Å²) in [4.78, 5) is 22.2. The molecule has 0 aliphatic heterocycles. The van der Waals surface area contributed by atoms with Gasteiger partial charge in [0.1, 0.15) is 0 Å². The molecule has 14 heavy (non-hydrogen) atoms. The van der Waals surface area contributed by atoms with Crippen LogP contribution in [0.15, 0.2) is 11.6 Å². The highest BCUT2D eigenvalue weighted by Crippen LogP contribution is 2.18. The zero-order valence-electron chi connectivity index (χ0n) is 8.54. The molecule has 0 heterocycles. The third-order valence-electron chi connectivity index (χ3n) is 2.41. The highest BCUT2D eigenvalue weighted by molar-refractivity contribution is 5.95. The van der Waals surface area contributed by atoms with E-state index in [4.69, 9.17) is 0 Å². The number of allylic oxidation sites excluding steroid dienone is 2. The van der Waals surface area contributed by atoms with E-state index in [1.54, 1.807) is 0 Å². The quantitative estimate of drug-likeness (QED) is 0.646. The Morgan fingerprint density at radius 2 is 2.36 bits per heavy atom. The number of rotatable bonds is 4. The molecule has 3 heteroatoms. The Morgan fingerprint density at radius 3 is 3.00 bits per heavy atom. The summed E-state index contributed by atoms with van der Waals surface area (Å²) in [5.74, 6) is 0.0509. The van der Waals surface area contributed by atoms with Crippen LogP contribution in [0.3, 0.4) is 0 Å². The number of ketones is 1. The lowest BCUT2D eigenvalue weighted by Gasteiger charge is -2.10. The first-order chi connectivity index (χ1) is 6.74. The van der Waals surface area contributed by atoms with Crippen molar-refractivity contribution in [2.45, 2.75) is 38.5 Å². The lowest BCUT2D eigenvalue weighted by molar-refractivity contribution is -0.140. The van der Waals surface area contributed by atoms with E-state index in [1.165, 1.54) is 7.11 Å². The number of carbonyl (C=O) groups is 2. The molecule has 78 valence electrons. The molecule has 0 atom stereocenters. The van der Waals surface area contributed by atoms with Gasteiger partial charge in [-0.2, -0.15) is 0 Å². The van der Waals surface area contributed by atoms with Gasteiger partial charge in [0, 0.05) is 12.8 Å². The number of ether oxygens (including phenoxy) is 1. The van der Waals surface area contributed by atoms with Crippen LogP contribution in [0.2, 0.25) is 0 Å². The van der Waals surface area contributed by atoms with E-state index >= 15 is 0 Å². The van der Waals surface area contributed by atoms with Crippen LogP contribution in [-0.4, -0.2) is 18.9 Å². The molecule has 0 saturated heterocycles. The van der Waals surface area contributed by atoms with Gasteiger partial charge in [-0.3, -0.25) is 9.59 Å². The van der Waals surface area contributed by atoms with Crippen LogP contribution in [0.1, 0.15) is 38.5 Å². The molecule has 0 fully saturated rings. The predicted molar refractivity (Wildman–Crippen MR) is 52.8 cm³/mol. The summed E-state index contributed by atoms with van der Waals surface area (Å²) in [6.45, 7) is 0. The molecule has 0 amide bonds. The monoisotopic (exact) mass is 196 g/mol. The first kappa shape index (κ1) is 11.0. The van der Waals surface area contributed by atoms with Gasteiger partial charge < -0.3 is 4.74 Å². The highest BCUT2D eigenvalue weighted by Gasteiger charge is 2.13. The topological polar surface area (TPSA) is 43.4 Å². The van der Waals surface area contributed by atoms with E-state index in [-0.39, 0.29) is 11.8 Å². The molecular formula is C11H16O3. The van der Waals surface area contributed by atoms with Gasteiger partial charge in [0.05, 0.1) is 7.11 Å². The Balaban J connectivity index is 2.27. The molecule has 0 aromatic heterocycles. The summed E-state index contributed by atoms with van der Waals surface area (Å²) < 4.78 is 4.52. The van der Waals surface area contributed by atoms with E-state index in [0.717, 1.165) is 18.4 Å². The Kier molecular flexibility index (Phi) is 4.36. The lowest BCUT2D eigenvalue weighted by Crippen LogP contribution is -2.08. The molecule has 0 bridgehead atoms. The van der Waals surface area contributed by atoms with Crippen LogP contribution in [0, 0.1) is 0 Å². The summed E-state index contributed by atoms with van der Waals surface area (Å²) >= 11 is 0. The maximum atomic E-state index is 11.4. The second-order valence-electron chi connectivity index (χ2n) is 3.47. The summed E-state index contributed by atoms with van der Waals surface area (Å²) in [5, 5.41) is 0. The molecule has 1 rings (SSSR count). The SMILES string of the molecule is COC(=O)CCCC1=CCCCC1=O. The first-order valence-corrected chi connectivity index (χ1v) is 5.03. The average Bonchev–Trinajstić information content (AvgIpc) is 2.20.